The molecule has 38 heavy (non-hydrogen) atoms. The summed E-state index contributed by atoms with van der Waals surface area (Å²) in [6.07, 6.45) is 2.01. The van der Waals surface area contributed by atoms with Crippen molar-refractivity contribution < 1.29 is 44.5 Å². The van der Waals surface area contributed by atoms with Gasteiger partial charge in [0.25, 0.3) is 0 Å². The van der Waals surface area contributed by atoms with Crippen molar-refractivity contribution >= 4 is 5.97 Å². The van der Waals surface area contributed by atoms with E-state index >= 15 is 0 Å². The molecule has 0 amide bonds. The maximum Gasteiger partial charge on any atom is 0.331 e. The van der Waals surface area contributed by atoms with Gasteiger partial charge in [-0.25, -0.2) is 4.79 Å². The fourth-order valence-electron chi connectivity index (χ4n) is 9.80. The van der Waals surface area contributed by atoms with Crippen LogP contribution in [0, 0.1) is 28.6 Å². The van der Waals surface area contributed by atoms with E-state index in [9.17, 15) is 30.3 Å². The lowest BCUT2D eigenvalue weighted by molar-refractivity contribution is -0.319. The van der Waals surface area contributed by atoms with Crippen LogP contribution in [0.25, 0.3) is 0 Å². The molecule has 4 aliphatic carbocycles. The van der Waals surface area contributed by atoms with Crippen molar-refractivity contribution in [3.05, 3.63) is 11.6 Å². The Morgan fingerprint density at radius 1 is 0.895 bits per heavy atom. The minimum Gasteiger partial charge on any atom is -0.458 e. The molecule has 0 bridgehead atoms. The van der Waals surface area contributed by atoms with E-state index in [0.29, 0.717) is 32.3 Å². The SMILES string of the molecule is C[C@@H]1O[C@@H](O[C@H]2CC[C@]3(C)C4CC[C@]5(C)C(C6=CC(=O)OC6)CC[C@]5(O)C4CC[C@]3(O)C2)[C@H](O)[C@H](O)[C@@H]1O. The number of carbonyl (C=O) groups excluding carboxylic acids is 1. The Labute approximate surface area is 224 Å². The number of esters is 1. The maximum atomic E-state index is 12.4. The highest BCUT2D eigenvalue weighted by Gasteiger charge is 2.70. The van der Waals surface area contributed by atoms with Crippen molar-refractivity contribution in [1.29, 1.82) is 0 Å². The number of cyclic esters (lactones) is 1. The highest BCUT2D eigenvalue weighted by atomic mass is 16.7. The Hall–Kier alpha value is -1.07. The van der Waals surface area contributed by atoms with E-state index in [1.54, 1.807) is 13.0 Å². The second-order valence-electron chi connectivity index (χ2n) is 13.7. The van der Waals surface area contributed by atoms with Gasteiger partial charge in [0.15, 0.2) is 6.29 Å². The third kappa shape index (κ3) is 3.65. The van der Waals surface area contributed by atoms with Crippen LogP contribution in [0.2, 0.25) is 0 Å². The number of rotatable bonds is 3. The molecule has 214 valence electrons. The molecule has 4 saturated carbocycles. The van der Waals surface area contributed by atoms with Crippen LogP contribution < -0.4 is 0 Å². The first-order chi connectivity index (χ1) is 17.8. The number of carbonyl (C=O) groups is 1. The highest BCUT2D eigenvalue weighted by molar-refractivity contribution is 5.85. The second kappa shape index (κ2) is 8.96. The maximum absolute atomic E-state index is 12.4. The van der Waals surface area contributed by atoms with Crippen LogP contribution in [0.15, 0.2) is 11.6 Å². The molecule has 6 rings (SSSR count). The van der Waals surface area contributed by atoms with E-state index in [1.165, 1.54) is 0 Å². The zero-order valence-electron chi connectivity index (χ0n) is 22.7. The third-order valence-corrected chi connectivity index (χ3v) is 12.2. The molecule has 2 heterocycles. The van der Waals surface area contributed by atoms with Gasteiger partial charge in [-0.1, -0.05) is 13.8 Å². The molecule has 6 aliphatic rings. The minimum absolute atomic E-state index is 0.0774. The summed E-state index contributed by atoms with van der Waals surface area (Å²) >= 11 is 0. The molecule has 0 spiro atoms. The first-order valence-corrected chi connectivity index (χ1v) is 14.5. The van der Waals surface area contributed by atoms with Crippen molar-refractivity contribution in [1.82, 2.24) is 0 Å². The second-order valence-corrected chi connectivity index (χ2v) is 13.7. The molecule has 1 saturated heterocycles. The summed E-state index contributed by atoms with van der Waals surface area (Å²) in [7, 11) is 0. The molecule has 0 aromatic rings. The molecule has 13 atom stereocenters. The number of aliphatic hydroxyl groups is 5. The monoisotopic (exact) mass is 536 g/mol. The first kappa shape index (κ1) is 27.1. The van der Waals surface area contributed by atoms with Gasteiger partial charge in [0.1, 0.15) is 24.9 Å². The van der Waals surface area contributed by atoms with Crippen molar-refractivity contribution in [3.63, 3.8) is 0 Å². The van der Waals surface area contributed by atoms with E-state index in [0.717, 1.165) is 37.7 Å². The Balaban J connectivity index is 1.19. The zero-order valence-corrected chi connectivity index (χ0v) is 22.7. The van der Waals surface area contributed by atoms with E-state index in [1.807, 2.05) is 0 Å². The fraction of sp³-hybridized carbons (Fsp3) is 0.897. The number of hydrogen-bond donors (Lipinski definition) is 5. The minimum atomic E-state index is -1.36. The molecule has 5 fully saturated rings. The van der Waals surface area contributed by atoms with Gasteiger partial charge in [0.05, 0.1) is 23.4 Å². The van der Waals surface area contributed by atoms with E-state index in [2.05, 4.69) is 13.8 Å². The molecule has 9 nitrogen and oxygen atoms in total. The smallest absolute Gasteiger partial charge is 0.331 e. The average molecular weight is 537 g/mol. The average Bonchev–Trinajstić information content (AvgIpc) is 3.41. The van der Waals surface area contributed by atoms with E-state index in [-0.39, 0.29) is 40.7 Å². The largest absolute Gasteiger partial charge is 0.458 e. The van der Waals surface area contributed by atoms with Crippen LogP contribution in [0.3, 0.4) is 0 Å². The summed E-state index contributed by atoms with van der Waals surface area (Å²) in [4.78, 5) is 11.8. The summed E-state index contributed by atoms with van der Waals surface area (Å²) in [5.74, 6) is 0.0978. The quantitative estimate of drug-likeness (QED) is 0.268. The van der Waals surface area contributed by atoms with Gasteiger partial charge in [-0.05, 0) is 87.0 Å². The summed E-state index contributed by atoms with van der Waals surface area (Å²) in [6.45, 7) is 6.33. The van der Waals surface area contributed by atoms with Crippen LogP contribution in [-0.4, -0.2) is 86.1 Å². The molecular formula is C29H44O9. The number of fused-ring (bicyclic) bond motifs is 5. The van der Waals surface area contributed by atoms with Gasteiger partial charge in [-0.2, -0.15) is 0 Å². The van der Waals surface area contributed by atoms with E-state index < -0.39 is 41.9 Å². The summed E-state index contributed by atoms with van der Waals surface area (Å²) < 4.78 is 17.0. The number of aliphatic hydroxyl groups excluding tert-OH is 3. The normalized spacial score (nSPS) is 56.5. The Morgan fingerprint density at radius 3 is 2.32 bits per heavy atom. The van der Waals surface area contributed by atoms with Crippen LogP contribution in [0.5, 0.6) is 0 Å². The lowest BCUT2D eigenvalue weighted by atomic mass is 9.42. The standard InChI is InChI=1S/C29H44O9/c1-15-22(31)23(32)24(33)25(37-15)38-17-4-8-26(2)19-5-9-27(3)18(16-12-21(30)36-14-16)7-11-29(27,35)20(19)6-10-28(26,34)13-17/h12,15,17-20,22-25,31-35H,4-11,13-14H2,1-3H3/t15-,17-,18?,19?,20?,22+,23+,24+,25-,26+,27+,28-,29-/m0/s1. The van der Waals surface area contributed by atoms with E-state index in [4.69, 9.17) is 14.2 Å². The van der Waals surface area contributed by atoms with Crippen LogP contribution in [0.1, 0.15) is 78.6 Å². The highest BCUT2D eigenvalue weighted by Crippen LogP contribution is 2.70. The molecule has 0 radical (unpaired) electrons. The summed E-state index contributed by atoms with van der Waals surface area (Å²) in [5, 5.41) is 55.1. The van der Waals surface area contributed by atoms with Gasteiger partial charge in [0.2, 0.25) is 0 Å². The Kier molecular flexibility index (Phi) is 6.40. The Bertz CT molecular complexity index is 1000. The van der Waals surface area contributed by atoms with Crippen molar-refractivity contribution in [3.8, 4) is 0 Å². The summed E-state index contributed by atoms with van der Waals surface area (Å²) in [5.41, 5.74) is -1.51. The van der Waals surface area contributed by atoms with Crippen LogP contribution >= 0.6 is 0 Å². The zero-order chi connectivity index (χ0) is 27.3. The van der Waals surface area contributed by atoms with Gasteiger partial charge in [-0.15, -0.1) is 0 Å². The summed E-state index contributed by atoms with van der Waals surface area (Å²) in [6, 6.07) is 0. The topological polar surface area (TPSA) is 146 Å². The Morgan fingerprint density at radius 2 is 1.61 bits per heavy atom. The fourth-order valence-corrected chi connectivity index (χ4v) is 9.80. The van der Waals surface area contributed by atoms with Crippen LogP contribution in [-0.2, 0) is 19.0 Å². The molecule has 5 N–H and O–H groups in total. The molecule has 2 aliphatic heterocycles. The molecule has 9 heteroatoms. The van der Waals surface area contributed by atoms with Gasteiger partial charge in [0, 0.05) is 17.9 Å². The molecule has 3 unspecified atom stereocenters. The van der Waals surface area contributed by atoms with Crippen LogP contribution in [0.4, 0.5) is 0 Å². The molecule has 0 aromatic heterocycles. The first-order valence-electron chi connectivity index (χ1n) is 14.5. The van der Waals surface area contributed by atoms with Gasteiger partial charge >= 0.3 is 5.97 Å². The van der Waals surface area contributed by atoms with Crippen molar-refractivity contribution in [2.75, 3.05) is 6.61 Å². The van der Waals surface area contributed by atoms with Gasteiger partial charge in [-0.3, -0.25) is 0 Å². The lowest BCUT2D eigenvalue weighted by Gasteiger charge is -2.66. The predicted octanol–water partition coefficient (Wildman–Crippen LogP) is 1.57. The number of ether oxygens (including phenoxy) is 3. The number of hydrogen-bond acceptors (Lipinski definition) is 9. The predicted molar refractivity (Wildman–Crippen MR) is 134 cm³/mol. The molecule has 0 aromatic carbocycles. The van der Waals surface area contributed by atoms with Gasteiger partial charge < -0.3 is 39.7 Å². The van der Waals surface area contributed by atoms with Crippen molar-refractivity contribution in [2.45, 2.75) is 127 Å². The lowest BCUT2D eigenvalue weighted by Crippen LogP contribution is -2.67. The van der Waals surface area contributed by atoms with Crippen molar-refractivity contribution in [2.24, 2.45) is 28.6 Å². The third-order valence-electron chi connectivity index (χ3n) is 12.2. The molecular weight excluding hydrogens is 492 g/mol.